The fraction of sp³-hybridized carbons (Fsp3) is 0.0500. The zero-order valence-electron chi connectivity index (χ0n) is 13.3. The Hall–Kier alpha value is -2.07. The van der Waals surface area contributed by atoms with Crippen LogP contribution in [0, 0.1) is 0 Å². The van der Waals surface area contributed by atoms with Gasteiger partial charge in [0.05, 0.1) is 16.6 Å². The highest BCUT2D eigenvalue weighted by Gasteiger charge is 2.13. The number of hydrogen-bond acceptors (Lipinski definition) is 1. The van der Waals surface area contributed by atoms with Crippen molar-refractivity contribution >= 4 is 51.9 Å². The molecule has 0 unspecified atom stereocenters. The first-order valence-corrected chi connectivity index (χ1v) is 8.92. The van der Waals surface area contributed by atoms with Crippen molar-refractivity contribution in [2.24, 2.45) is 0 Å². The fourth-order valence-corrected chi connectivity index (χ4v) is 3.01. The topological polar surface area (TPSA) is 15.3 Å². The molecule has 0 amide bonds. The van der Waals surface area contributed by atoms with E-state index in [9.17, 15) is 0 Å². The molecule has 0 heterocycles. The number of halogens is 2. The predicted octanol–water partition coefficient (Wildman–Crippen LogP) is 6.40. The van der Waals surface area contributed by atoms with Crippen molar-refractivity contribution in [3.63, 3.8) is 0 Å². The Kier molecular flexibility index (Phi) is 5.92. The second-order valence-corrected chi connectivity index (χ2v) is 6.67. The van der Waals surface area contributed by atoms with Crippen LogP contribution in [0.2, 0.25) is 10.0 Å². The second kappa shape index (κ2) is 8.34. The van der Waals surface area contributed by atoms with E-state index >= 15 is 0 Å². The Morgan fingerprint density at radius 2 is 1.48 bits per heavy atom. The molecule has 5 heteroatoms. The van der Waals surface area contributed by atoms with Crippen LogP contribution < -0.4 is 10.2 Å². The lowest BCUT2D eigenvalue weighted by Gasteiger charge is -2.26. The highest BCUT2D eigenvalue weighted by Crippen LogP contribution is 2.26. The molecule has 2 nitrogen and oxygen atoms in total. The van der Waals surface area contributed by atoms with Crippen molar-refractivity contribution in [3.05, 3.63) is 94.5 Å². The standard InChI is InChI=1S/C20H16Cl2N2S/c21-18-12-11-16(13-19(18)22)23-20(25)24(17-9-5-2-6-10-17)14-15-7-3-1-4-8-15/h1-13H,14H2,(H,23,25). The number of thiocarbonyl (C=S) groups is 1. The van der Waals surface area contributed by atoms with Crippen LogP contribution in [-0.4, -0.2) is 5.11 Å². The molecule has 0 aliphatic rings. The lowest BCUT2D eigenvalue weighted by Crippen LogP contribution is -2.34. The number of anilines is 2. The summed E-state index contributed by atoms with van der Waals surface area (Å²) >= 11 is 17.7. The summed E-state index contributed by atoms with van der Waals surface area (Å²) in [6, 6.07) is 25.6. The van der Waals surface area contributed by atoms with Gasteiger partial charge in [-0.3, -0.25) is 0 Å². The van der Waals surface area contributed by atoms with E-state index in [1.54, 1.807) is 12.1 Å². The van der Waals surface area contributed by atoms with E-state index in [0.717, 1.165) is 11.4 Å². The quantitative estimate of drug-likeness (QED) is 0.522. The van der Waals surface area contributed by atoms with Crippen molar-refractivity contribution in [1.29, 1.82) is 0 Å². The van der Waals surface area contributed by atoms with Crippen molar-refractivity contribution in [3.8, 4) is 0 Å². The average molecular weight is 387 g/mol. The maximum Gasteiger partial charge on any atom is 0.178 e. The van der Waals surface area contributed by atoms with Crippen LogP contribution in [0.15, 0.2) is 78.9 Å². The fourth-order valence-electron chi connectivity index (χ4n) is 2.42. The van der Waals surface area contributed by atoms with Gasteiger partial charge in [-0.05, 0) is 48.1 Å². The Bertz CT molecular complexity index is 854. The summed E-state index contributed by atoms with van der Waals surface area (Å²) in [7, 11) is 0. The summed E-state index contributed by atoms with van der Waals surface area (Å²) in [4.78, 5) is 2.05. The number of nitrogens with one attached hydrogen (secondary N) is 1. The molecule has 0 saturated heterocycles. The first kappa shape index (κ1) is 17.7. The summed E-state index contributed by atoms with van der Waals surface area (Å²) in [5.74, 6) is 0. The summed E-state index contributed by atoms with van der Waals surface area (Å²) in [5.41, 5.74) is 2.99. The minimum absolute atomic E-state index is 0.490. The van der Waals surface area contributed by atoms with Crippen molar-refractivity contribution in [1.82, 2.24) is 0 Å². The van der Waals surface area contributed by atoms with E-state index in [1.807, 2.05) is 59.5 Å². The number of nitrogens with zero attached hydrogens (tertiary/aromatic N) is 1. The molecule has 0 atom stereocenters. The molecule has 0 radical (unpaired) electrons. The molecule has 1 N–H and O–H groups in total. The lowest BCUT2D eigenvalue weighted by molar-refractivity contribution is 1.01. The first-order valence-electron chi connectivity index (χ1n) is 7.76. The molecule has 0 aliphatic carbocycles. The van der Waals surface area contributed by atoms with E-state index in [-0.39, 0.29) is 0 Å². The van der Waals surface area contributed by atoms with Crippen molar-refractivity contribution < 1.29 is 0 Å². The van der Waals surface area contributed by atoms with Gasteiger partial charge in [0.1, 0.15) is 0 Å². The van der Waals surface area contributed by atoms with Crippen molar-refractivity contribution in [2.45, 2.75) is 6.54 Å². The van der Waals surface area contributed by atoms with Gasteiger partial charge in [-0.1, -0.05) is 71.7 Å². The highest BCUT2D eigenvalue weighted by molar-refractivity contribution is 7.80. The molecular formula is C20H16Cl2N2S. The number of benzene rings is 3. The number of rotatable bonds is 4. The van der Waals surface area contributed by atoms with Crippen LogP contribution >= 0.6 is 35.4 Å². The van der Waals surface area contributed by atoms with Gasteiger partial charge in [0.15, 0.2) is 5.11 Å². The summed E-state index contributed by atoms with van der Waals surface area (Å²) in [6.45, 7) is 0.665. The predicted molar refractivity (Wildman–Crippen MR) is 112 cm³/mol. The minimum atomic E-state index is 0.490. The Balaban J connectivity index is 1.85. The Morgan fingerprint density at radius 3 is 2.12 bits per heavy atom. The Labute approximate surface area is 163 Å². The maximum atomic E-state index is 6.09. The number of hydrogen-bond donors (Lipinski definition) is 1. The van der Waals surface area contributed by atoms with Crippen LogP contribution in [0.5, 0.6) is 0 Å². The molecule has 3 aromatic rings. The third-order valence-electron chi connectivity index (χ3n) is 3.67. The highest BCUT2D eigenvalue weighted by atomic mass is 35.5. The third-order valence-corrected chi connectivity index (χ3v) is 4.73. The molecule has 126 valence electrons. The van der Waals surface area contributed by atoms with E-state index < -0.39 is 0 Å². The van der Waals surface area contributed by atoms with Gasteiger partial charge in [-0.25, -0.2) is 0 Å². The van der Waals surface area contributed by atoms with Gasteiger partial charge in [0, 0.05) is 11.4 Å². The molecule has 0 saturated carbocycles. The monoisotopic (exact) mass is 386 g/mol. The summed E-state index contributed by atoms with van der Waals surface area (Å²) in [5, 5.41) is 4.84. The van der Waals surface area contributed by atoms with E-state index in [2.05, 4.69) is 17.4 Å². The summed E-state index contributed by atoms with van der Waals surface area (Å²) < 4.78 is 0. The van der Waals surface area contributed by atoms with Crippen LogP contribution in [0.1, 0.15) is 5.56 Å². The molecule has 0 aliphatic heterocycles. The lowest BCUT2D eigenvalue weighted by atomic mass is 10.2. The van der Waals surface area contributed by atoms with Crippen LogP contribution in [0.25, 0.3) is 0 Å². The Morgan fingerprint density at radius 1 is 0.840 bits per heavy atom. The zero-order valence-corrected chi connectivity index (χ0v) is 15.7. The minimum Gasteiger partial charge on any atom is -0.332 e. The smallest absolute Gasteiger partial charge is 0.178 e. The van der Waals surface area contributed by atoms with E-state index in [4.69, 9.17) is 35.4 Å². The largest absolute Gasteiger partial charge is 0.332 e. The molecule has 3 aromatic carbocycles. The second-order valence-electron chi connectivity index (χ2n) is 5.47. The molecule has 3 rings (SSSR count). The zero-order chi connectivity index (χ0) is 17.6. The van der Waals surface area contributed by atoms with Gasteiger partial charge in [0.2, 0.25) is 0 Å². The van der Waals surface area contributed by atoms with E-state index in [0.29, 0.717) is 21.7 Å². The number of para-hydroxylation sites is 1. The molecule has 0 fully saturated rings. The molecule has 25 heavy (non-hydrogen) atoms. The summed E-state index contributed by atoms with van der Waals surface area (Å²) in [6.07, 6.45) is 0. The van der Waals surface area contributed by atoms with Gasteiger partial charge in [0.25, 0.3) is 0 Å². The van der Waals surface area contributed by atoms with Crippen molar-refractivity contribution in [2.75, 3.05) is 10.2 Å². The molecule has 0 bridgehead atoms. The average Bonchev–Trinajstić information content (AvgIpc) is 2.64. The van der Waals surface area contributed by atoms with Crippen LogP contribution in [0.3, 0.4) is 0 Å². The third kappa shape index (κ3) is 4.73. The van der Waals surface area contributed by atoms with Gasteiger partial charge in [-0.2, -0.15) is 0 Å². The van der Waals surface area contributed by atoms with Gasteiger partial charge < -0.3 is 10.2 Å². The van der Waals surface area contributed by atoms with E-state index in [1.165, 1.54) is 5.56 Å². The normalized spacial score (nSPS) is 10.3. The van der Waals surface area contributed by atoms with Crippen LogP contribution in [0.4, 0.5) is 11.4 Å². The molecule has 0 aromatic heterocycles. The van der Waals surface area contributed by atoms with Crippen LogP contribution in [-0.2, 0) is 6.54 Å². The first-order chi connectivity index (χ1) is 12.1. The molecular weight excluding hydrogens is 371 g/mol. The molecule has 0 spiro atoms. The van der Waals surface area contributed by atoms with Gasteiger partial charge >= 0.3 is 0 Å². The maximum absolute atomic E-state index is 6.09. The SMILES string of the molecule is S=C(Nc1ccc(Cl)c(Cl)c1)N(Cc1ccccc1)c1ccccc1. The van der Waals surface area contributed by atoms with Gasteiger partial charge in [-0.15, -0.1) is 0 Å².